The van der Waals surface area contributed by atoms with Crippen LogP contribution in [-0.4, -0.2) is 30.8 Å². The maximum absolute atomic E-state index is 11.6. The molecular weight excluding hydrogens is 204 g/mol. The van der Waals surface area contributed by atoms with Gasteiger partial charge < -0.3 is 15.4 Å². The predicted molar refractivity (Wildman–Crippen MR) is 62.3 cm³/mol. The molecule has 1 saturated carbocycles. The summed E-state index contributed by atoms with van der Waals surface area (Å²) in [5.74, 6) is 0. The Hall–Kier alpha value is -0.770. The molecule has 0 radical (unpaired) electrons. The Morgan fingerprint density at radius 1 is 1.44 bits per heavy atom. The Kier molecular flexibility index (Phi) is 2.86. The van der Waals surface area contributed by atoms with Crippen LogP contribution < -0.4 is 10.6 Å². The van der Waals surface area contributed by atoms with Gasteiger partial charge >= 0.3 is 6.09 Å². The molecular formula is C12H22N2O2. The van der Waals surface area contributed by atoms with Gasteiger partial charge in [-0.1, -0.05) is 0 Å². The van der Waals surface area contributed by atoms with Crippen molar-refractivity contribution < 1.29 is 9.53 Å². The minimum Gasteiger partial charge on any atom is -0.444 e. The Labute approximate surface area is 97.1 Å². The second-order valence-corrected chi connectivity index (χ2v) is 6.03. The van der Waals surface area contributed by atoms with Gasteiger partial charge in [0.1, 0.15) is 5.60 Å². The van der Waals surface area contributed by atoms with Crippen LogP contribution in [0.2, 0.25) is 0 Å². The minimum absolute atomic E-state index is 0.275. The van der Waals surface area contributed by atoms with Gasteiger partial charge in [-0.25, -0.2) is 4.79 Å². The molecule has 1 saturated heterocycles. The van der Waals surface area contributed by atoms with Crippen LogP contribution in [0.15, 0.2) is 0 Å². The molecule has 92 valence electrons. The topological polar surface area (TPSA) is 50.4 Å². The quantitative estimate of drug-likeness (QED) is 0.715. The summed E-state index contributed by atoms with van der Waals surface area (Å²) in [5.41, 5.74) is -0.0914. The average molecular weight is 226 g/mol. The van der Waals surface area contributed by atoms with Gasteiger partial charge in [-0.05, 0) is 46.6 Å². The zero-order valence-electron chi connectivity index (χ0n) is 10.4. The molecule has 0 aromatic rings. The SMILES string of the molecule is CC(C)(C)OC(=O)N[C@H]1CC[C@@]12CCNC2. The monoisotopic (exact) mass is 226 g/mol. The lowest BCUT2D eigenvalue weighted by atomic mass is 9.64. The lowest BCUT2D eigenvalue weighted by Gasteiger charge is -2.46. The molecule has 16 heavy (non-hydrogen) atoms. The van der Waals surface area contributed by atoms with Gasteiger partial charge in [0, 0.05) is 18.0 Å². The van der Waals surface area contributed by atoms with Gasteiger partial charge in [-0.15, -0.1) is 0 Å². The zero-order chi connectivity index (χ0) is 11.8. The first-order valence-electron chi connectivity index (χ1n) is 6.12. The van der Waals surface area contributed by atoms with Gasteiger partial charge in [0.05, 0.1) is 0 Å². The highest BCUT2D eigenvalue weighted by atomic mass is 16.6. The van der Waals surface area contributed by atoms with E-state index in [9.17, 15) is 4.79 Å². The molecule has 0 aromatic carbocycles. The molecule has 0 aromatic heterocycles. The van der Waals surface area contributed by atoms with E-state index in [1.54, 1.807) is 0 Å². The third-order valence-electron chi connectivity index (χ3n) is 3.64. The Morgan fingerprint density at radius 3 is 2.62 bits per heavy atom. The molecule has 1 aliphatic carbocycles. The number of rotatable bonds is 1. The number of alkyl carbamates (subject to hydrolysis) is 1. The van der Waals surface area contributed by atoms with Crippen LogP contribution in [0.1, 0.15) is 40.0 Å². The molecule has 2 aliphatic rings. The minimum atomic E-state index is -0.408. The van der Waals surface area contributed by atoms with E-state index >= 15 is 0 Å². The van der Waals surface area contributed by atoms with Gasteiger partial charge in [-0.2, -0.15) is 0 Å². The van der Waals surface area contributed by atoms with Crippen molar-refractivity contribution in [2.45, 2.75) is 51.7 Å². The Bertz CT molecular complexity index is 277. The van der Waals surface area contributed by atoms with Crippen molar-refractivity contribution in [1.29, 1.82) is 0 Å². The number of nitrogens with one attached hydrogen (secondary N) is 2. The fourth-order valence-electron chi connectivity index (χ4n) is 2.65. The fraction of sp³-hybridized carbons (Fsp3) is 0.917. The van der Waals surface area contributed by atoms with E-state index < -0.39 is 5.60 Å². The van der Waals surface area contributed by atoms with Crippen molar-refractivity contribution in [3.05, 3.63) is 0 Å². The maximum Gasteiger partial charge on any atom is 0.407 e. The zero-order valence-corrected chi connectivity index (χ0v) is 10.4. The van der Waals surface area contributed by atoms with Gasteiger partial charge in [0.25, 0.3) is 0 Å². The molecule has 0 unspecified atom stereocenters. The number of amides is 1. The first-order valence-corrected chi connectivity index (χ1v) is 6.12. The largest absolute Gasteiger partial charge is 0.444 e. The summed E-state index contributed by atoms with van der Waals surface area (Å²) in [6.45, 7) is 7.78. The number of ether oxygens (including phenoxy) is 1. The van der Waals surface area contributed by atoms with Crippen LogP contribution in [0, 0.1) is 5.41 Å². The van der Waals surface area contributed by atoms with Crippen molar-refractivity contribution >= 4 is 6.09 Å². The maximum atomic E-state index is 11.6. The van der Waals surface area contributed by atoms with E-state index in [1.165, 1.54) is 12.8 Å². The lowest BCUT2D eigenvalue weighted by molar-refractivity contribution is 0.0293. The van der Waals surface area contributed by atoms with E-state index in [4.69, 9.17) is 4.74 Å². The van der Waals surface area contributed by atoms with E-state index in [0.29, 0.717) is 11.5 Å². The van der Waals surface area contributed by atoms with Gasteiger partial charge in [0.15, 0.2) is 0 Å². The summed E-state index contributed by atoms with van der Waals surface area (Å²) in [6, 6.07) is 0.303. The van der Waals surface area contributed by atoms with Crippen molar-refractivity contribution in [3.63, 3.8) is 0 Å². The molecule has 2 rings (SSSR count). The summed E-state index contributed by atoms with van der Waals surface area (Å²) < 4.78 is 5.28. The van der Waals surface area contributed by atoms with E-state index in [2.05, 4.69) is 10.6 Å². The Balaban J connectivity index is 1.84. The second kappa shape index (κ2) is 3.91. The Morgan fingerprint density at radius 2 is 2.19 bits per heavy atom. The second-order valence-electron chi connectivity index (χ2n) is 6.03. The molecule has 4 nitrogen and oxygen atoms in total. The van der Waals surface area contributed by atoms with E-state index in [1.807, 2.05) is 20.8 Å². The molecule has 2 fully saturated rings. The number of hydrogen-bond acceptors (Lipinski definition) is 3. The number of carbonyl (C=O) groups excluding carboxylic acids is 1. The average Bonchev–Trinajstić information content (AvgIpc) is 2.60. The van der Waals surface area contributed by atoms with Crippen LogP contribution in [0.4, 0.5) is 4.79 Å². The molecule has 1 aliphatic heterocycles. The summed E-state index contributed by atoms with van der Waals surface area (Å²) in [6.07, 6.45) is 3.21. The predicted octanol–water partition coefficient (Wildman–Crippen LogP) is 1.65. The highest BCUT2D eigenvalue weighted by molar-refractivity contribution is 5.68. The van der Waals surface area contributed by atoms with Crippen LogP contribution in [-0.2, 0) is 4.74 Å². The first kappa shape index (κ1) is 11.7. The molecule has 1 spiro atoms. The van der Waals surface area contributed by atoms with Gasteiger partial charge in [-0.3, -0.25) is 0 Å². The standard InChI is InChI=1S/C12H22N2O2/c1-11(2,3)16-10(15)14-9-4-5-12(9)6-7-13-8-12/h9,13H,4-8H2,1-3H3,(H,14,15)/t9-,12-/m0/s1. The molecule has 0 bridgehead atoms. The number of carbonyl (C=O) groups is 1. The third-order valence-corrected chi connectivity index (χ3v) is 3.64. The van der Waals surface area contributed by atoms with E-state index in [-0.39, 0.29) is 6.09 Å². The van der Waals surface area contributed by atoms with Crippen molar-refractivity contribution in [2.24, 2.45) is 5.41 Å². The van der Waals surface area contributed by atoms with Crippen LogP contribution >= 0.6 is 0 Å². The van der Waals surface area contributed by atoms with Crippen molar-refractivity contribution in [1.82, 2.24) is 10.6 Å². The van der Waals surface area contributed by atoms with E-state index in [0.717, 1.165) is 19.5 Å². The normalized spacial score (nSPS) is 33.6. The molecule has 4 heteroatoms. The molecule has 1 heterocycles. The third kappa shape index (κ3) is 2.32. The van der Waals surface area contributed by atoms with Crippen molar-refractivity contribution in [2.75, 3.05) is 13.1 Å². The van der Waals surface area contributed by atoms with Crippen LogP contribution in [0.5, 0.6) is 0 Å². The molecule has 1 amide bonds. The smallest absolute Gasteiger partial charge is 0.407 e. The number of hydrogen-bond donors (Lipinski definition) is 2. The van der Waals surface area contributed by atoms with Crippen molar-refractivity contribution in [3.8, 4) is 0 Å². The fourth-order valence-corrected chi connectivity index (χ4v) is 2.65. The highest BCUT2D eigenvalue weighted by Crippen LogP contribution is 2.45. The summed E-state index contributed by atoms with van der Waals surface area (Å²) in [7, 11) is 0. The summed E-state index contributed by atoms with van der Waals surface area (Å²) in [5, 5.41) is 6.38. The van der Waals surface area contributed by atoms with Gasteiger partial charge in [0.2, 0.25) is 0 Å². The lowest BCUT2D eigenvalue weighted by Crippen LogP contribution is -2.56. The van der Waals surface area contributed by atoms with Crippen LogP contribution in [0.3, 0.4) is 0 Å². The van der Waals surface area contributed by atoms with Crippen LogP contribution in [0.25, 0.3) is 0 Å². The summed E-state index contributed by atoms with van der Waals surface area (Å²) >= 11 is 0. The molecule has 2 N–H and O–H groups in total. The summed E-state index contributed by atoms with van der Waals surface area (Å²) in [4.78, 5) is 11.6. The first-order chi connectivity index (χ1) is 7.41. The highest BCUT2D eigenvalue weighted by Gasteiger charge is 2.49. The molecule has 2 atom stereocenters.